The minimum atomic E-state index is 1.12. The fraction of sp³-hybridized carbons (Fsp3) is 0.0667. The van der Waals surface area contributed by atoms with Crippen LogP contribution in [0, 0.1) is 0 Å². The Morgan fingerprint density at radius 3 is 1.33 bits per heavy atom. The summed E-state index contributed by atoms with van der Waals surface area (Å²) in [4.78, 5) is 0. The molecule has 2 rings (SSSR count). The predicted octanol–water partition coefficient (Wildman–Crippen LogP) is 4.41. The summed E-state index contributed by atoms with van der Waals surface area (Å²) in [7, 11) is 0. The van der Waals surface area contributed by atoms with E-state index in [4.69, 9.17) is 0 Å². The summed E-state index contributed by atoms with van der Waals surface area (Å²) in [5.74, 6) is 0. The van der Waals surface area contributed by atoms with Crippen LogP contribution in [0.15, 0.2) is 73.3 Å². The molecule has 2 aromatic carbocycles. The molecule has 0 amide bonds. The SMILES string of the molecule is C=C(C)c1ccccc1.c1ccccc1. The van der Waals surface area contributed by atoms with Gasteiger partial charge in [0.2, 0.25) is 0 Å². The molecule has 0 nitrogen and oxygen atoms in total. The lowest BCUT2D eigenvalue weighted by molar-refractivity contribution is 1.58. The lowest BCUT2D eigenvalue weighted by Gasteiger charge is -1.94. The van der Waals surface area contributed by atoms with E-state index in [-0.39, 0.29) is 0 Å². The fourth-order valence-corrected chi connectivity index (χ4v) is 1.11. The first kappa shape index (κ1) is 11.3. The molecule has 2 aromatic rings. The summed E-state index contributed by atoms with van der Waals surface area (Å²) in [5.41, 5.74) is 2.34. The molecule has 0 saturated heterocycles. The third-order valence-electron chi connectivity index (χ3n) is 1.93. The Morgan fingerprint density at radius 1 is 0.733 bits per heavy atom. The van der Waals surface area contributed by atoms with Crippen molar-refractivity contribution >= 4 is 5.57 Å². The Hall–Kier alpha value is -1.82. The highest BCUT2D eigenvalue weighted by Gasteiger charge is 1.86. The second-order valence-electron chi connectivity index (χ2n) is 3.30. The molecule has 0 fully saturated rings. The first-order valence-electron chi connectivity index (χ1n) is 5.01. The Labute approximate surface area is 91.9 Å². The van der Waals surface area contributed by atoms with Crippen LogP contribution < -0.4 is 0 Å². The van der Waals surface area contributed by atoms with Crippen molar-refractivity contribution in [1.29, 1.82) is 0 Å². The zero-order valence-electron chi connectivity index (χ0n) is 9.06. The highest BCUT2D eigenvalue weighted by atomic mass is 13.9. The molecule has 0 spiro atoms. The predicted molar refractivity (Wildman–Crippen MR) is 67.6 cm³/mol. The maximum absolute atomic E-state index is 3.83. The number of hydrogen-bond acceptors (Lipinski definition) is 0. The Morgan fingerprint density at radius 2 is 1.07 bits per heavy atom. The minimum absolute atomic E-state index is 1.12. The van der Waals surface area contributed by atoms with Gasteiger partial charge in [-0.2, -0.15) is 0 Å². The van der Waals surface area contributed by atoms with E-state index in [9.17, 15) is 0 Å². The van der Waals surface area contributed by atoms with Crippen LogP contribution in [0.4, 0.5) is 0 Å². The molecule has 0 unspecified atom stereocenters. The lowest BCUT2D eigenvalue weighted by Crippen LogP contribution is -1.72. The molecule has 0 heteroatoms. The zero-order chi connectivity index (χ0) is 10.9. The third-order valence-corrected chi connectivity index (χ3v) is 1.93. The van der Waals surface area contributed by atoms with Crippen LogP contribution in [-0.4, -0.2) is 0 Å². The molecule has 0 aliphatic heterocycles. The topological polar surface area (TPSA) is 0 Å². The van der Waals surface area contributed by atoms with Gasteiger partial charge in [0, 0.05) is 0 Å². The first-order valence-corrected chi connectivity index (χ1v) is 5.01. The Kier molecular flexibility index (Phi) is 4.96. The molecule has 15 heavy (non-hydrogen) atoms. The van der Waals surface area contributed by atoms with E-state index in [0.29, 0.717) is 0 Å². The highest BCUT2D eigenvalue weighted by molar-refractivity contribution is 5.60. The van der Waals surface area contributed by atoms with E-state index in [1.54, 1.807) is 0 Å². The van der Waals surface area contributed by atoms with Crippen molar-refractivity contribution in [3.8, 4) is 0 Å². The second kappa shape index (κ2) is 6.61. The van der Waals surface area contributed by atoms with Crippen molar-refractivity contribution in [3.05, 3.63) is 78.9 Å². The monoisotopic (exact) mass is 196 g/mol. The van der Waals surface area contributed by atoms with Gasteiger partial charge >= 0.3 is 0 Å². The number of benzene rings is 2. The highest BCUT2D eigenvalue weighted by Crippen LogP contribution is 2.08. The minimum Gasteiger partial charge on any atom is -0.0955 e. The van der Waals surface area contributed by atoms with E-state index >= 15 is 0 Å². The smallest absolute Gasteiger partial charge is 0.0233 e. The number of hydrogen-bond donors (Lipinski definition) is 0. The summed E-state index contributed by atoms with van der Waals surface area (Å²) in [6.07, 6.45) is 0. The number of allylic oxidation sites excluding steroid dienone is 1. The average Bonchev–Trinajstić information content (AvgIpc) is 2.33. The van der Waals surface area contributed by atoms with E-state index in [0.717, 1.165) is 5.57 Å². The van der Waals surface area contributed by atoms with Crippen LogP contribution in [0.1, 0.15) is 12.5 Å². The molecule has 0 heterocycles. The van der Waals surface area contributed by atoms with Gasteiger partial charge in [-0.15, -0.1) is 0 Å². The van der Waals surface area contributed by atoms with E-state index in [1.165, 1.54) is 5.56 Å². The Balaban J connectivity index is 0.000000162. The third kappa shape index (κ3) is 4.82. The van der Waals surface area contributed by atoms with Gasteiger partial charge in [0.25, 0.3) is 0 Å². The molecule has 0 bridgehead atoms. The Bertz CT molecular complexity index is 347. The standard InChI is InChI=1S/C9H10.C6H6/c1-8(2)9-6-4-3-5-7-9;1-2-4-6-5-3-1/h3-7H,1H2,2H3;1-6H. The number of rotatable bonds is 1. The molecule has 0 N–H and O–H groups in total. The molecular formula is C15H16. The van der Waals surface area contributed by atoms with Crippen molar-refractivity contribution < 1.29 is 0 Å². The van der Waals surface area contributed by atoms with Gasteiger partial charge in [0.15, 0.2) is 0 Å². The van der Waals surface area contributed by atoms with Gasteiger partial charge in [0.05, 0.1) is 0 Å². The molecular weight excluding hydrogens is 180 g/mol. The van der Waals surface area contributed by atoms with Gasteiger partial charge in [-0.1, -0.05) is 78.9 Å². The maximum atomic E-state index is 3.83. The zero-order valence-corrected chi connectivity index (χ0v) is 9.06. The summed E-state index contributed by atoms with van der Waals surface area (Å²) in [6, 6.07) is 22.2. The summed E-state index contributed by atoms with van der Waals surface area (Å²) < 4.78 is 0. The molecule has 76 valence electrons. The van der Waals surface area contributed by atoms with Crippen molar-refractivity contribution in [1.82, 2.24) is 0 Å². The van der Waals surface area contributed by atoms with Gasteiger partial charge < -0.3 is 0 Å². The summed E-state index contributed by atoms with van der Waals surface area (Å²) >= 11 is 0. The van der Waals surface area contributed by atoms with Gasteiger partial charge in [0.1, 0.15) is 0 Å². The first-order chi connectivity index (χ1) is 7.30. The quantitative estimate of drug-likeness (QED) is 0.634. The van der Waals surface area contributed by atoms with Crippen molar-refractivity contribution in [2.75, 3.05) is 0 Å². The van der Waals surface area contributed by atoms with E-state index < -0.39 is 0 Å². The molecule has 0 atom stereocenters. The van der Waals surface area contributed by atoms with E-state index in [2.05, 4.69) is 18.7 Å². The largest absolute Gasteiger partial charge is 0.0955 e. The van der Waals surface area contributed by atoms with Gasteiger partial charge in [-0.25, -0.2) is 0 Å². The fourth-order valence-electron chi connectivity index (χ4n) is 1.11. The molecule has 0 radical (unpaired) electrons. The maximum Gasteiger partial charge on any atom is -0.0233 e. The van der Waals surface area contributed by atoms with Crippen molar-refractivity contribution in [3.63, 3.8) is 0 Å². The van der Waals surface area contributed by atoms with Crippen LogP contribution in [0.5, 0.6) is 0 Å². The molecule has 0 aromatic heterocycles. The van der Waals surface area contributed by atoms with Crippen molar-refractivity contribution in [2.24, 2.45) is 0 Å². The summed E-state index contributed by atoms with van der Waals surface area (Å²) in [5, 5.41) is 0. The van der Waals surface area contributed by atoms with Crippen LogP contribution in [-0.2, 0) is 0 Å². The van der Waals surface area contributed by atoms with Gasteiger partial charge in [-0.3, -0.25) is 0 Å². The van der Waals surface area contributed by atoms with Crippen molar-refractivity contribution in [2.45, 2.75) is 6.92 Å². The van der Waals surface area contributed by atoms with E-state index in [1.807, 2.05) is 61.5 Å². The second-order valence-corrected chi connectivity index (χ2v) is 3.30. The average molecular weight is 196 g/mol. The summed E-state index contributed by atoms with van der Waals surface area (Å²) in [6.45, 7) is 5.83. The molecule has 0 aliphatic carbocycles. The van der Waals surface area contributed by atoms with Crippen LogP contribution in [0.3, 0.4) is 0 Å². The lowest BCUT2D eigenvalue weighted by atomic mass is 10.1. The molecule has 0 aliphatic rings. The van der Waals surface area contributed by atoms with Crippen LogP contribution >= 0.6 is 0 Å². The normalized spacial score (nSPS) is 8.60. The van der Waals surface area contributed by atoms with Crippen LogP contribution in [0.2, 0.25) is 0 Å². The van der Waals surface area contributed by atoms with Gasteiger partial charge in [-0.05, 0) is 12.5 Å². The molecule has 0 saturated carbocycles. The van der Waals surface area contributed by atoms with Crippen LogP contribution in [0.25, 0.3) is 5.57 Å².